The molecule has 4 rings (SSSR count). The van der Waals surface area contributed by atoms with E-state index in [1.54, 1.807) is 0 Å². The quantitative estimate of drug-likeness (QED) is 0.777. The highest BCUT2D eigenvalue weighted by atomic mass is 16.1. The van der Waals surface area contributed by atoms with Crippen LogP contribution in [0.3, 0.4) is 0 Å². The van der Waals surface area contributed by atoms with Gasteiger partial charge in [-0.25, -0.2) is 4.68 Å². The third kappa shape index (κ3) is 1.48. The van der Waals surface area contributed by atoms with Crippen LogP contribution in [0.4, 0.5) is 0 Å². The fourth-order valence-corrected chi connectivity index (χ4v) is 5.76. The monoisotopic (exact) mass is 288 g/mol. The molecule has 0 N–H and O–H groups in total. The molecule has 2 fully saturated rings. The Morgan fingerprint density at radius 3 is 2.43 bits per heavy atom. The molecule has 1 aromatic heterocycles. The van der Waals surface area contributed by atoms with E-state index in [0.717, 1.165) is 24.3 Å². The molecule has 1 aromatic rings. The van der Waals surface area contributed by atoms with Gasteiger partial charge < -0.3 is 0 Å². The van der Waals surface area contributed by atoms with Gasteiger partial charge in [0, 0.05) is 18.3 Å². The standard InChI is InChI=1S/C18H28N2O/c1-17(2)12-9-10-18(17,3)15(11-12)20-16(21)13-7-5-6-8-14(13)19(20)4/h12,15H,5-11H2,1-4H3. The largest absolute Gasteiger partial charge is 0.289 e. The van der Waals surface area contributed by atoms with Crippen molar-refractivity contribution in [1.29, 1.82) is 0 Å². The summed E-state index contributed by atoms with van der Waals surface area (Å²) < 4.78 is 4.38. The zero-order valence-corrected chi connectivity index (χ0v) is 13.9. The molecule has 0 aromatic carbocycles. The molecule has 21 heavy (non-hydrogen) atoms. The smallest absolute Gasteiger partial charge is 0.270 e. The Balaban J connectivity index is 1.86. The van der Waals surface area contributed by atoms with Crippen LogP contribution >= 0.6 is 0 Å². The third-order valence-corrected chi connectivity index (χ3v) is 7.66. The highest BCUT2D eigenvalue weighted by Crippen LogP contribution is 2.69. The van der Waals surface area contributed by atoms with Crippen molar-refractivity contribution >= 4 is 0 Å². The lowest BCUT2D eigenvalue weighted by atomic mass is 9.69. The fraction of sp³-hybridized carbons (Fsp3) is 0.833. The van der Waals surface area contributed by atoms with Crippen LogP contribution in [0.5, 0.6) is 0 Å². The highest BCUT2D eigenvalue weighted by Gasteiger charge is 2.62. The molecule has 0 amide bonds. The molecule has 3 unspecified atom stereocenters. The SMILES string of the molecule is Cn1c2c(c(=O)n1C1CC3CCC1(C)C3(C)C)CCCC2. The summed E-state index contributed by atoms with van der Waals surface area (Å²) in [6.07, 6.45) is 8.31. The topological polar surface area (TPSA) is 26.9 Å². The Labute approximate surface area is 127 Å². The minimum atomic E-state index is 0.274. The zero-order valence-electron chi connectivity index (χ0n) is 13.9. The number of fused-ring (bicyclic) bond motifs is 3. The molecule has 3 nitrogen and oxygen atoms in total. The fourth-order valence-electron chi connectivity index (χ4n) is 5.76. The molecule has 3 heteroatoms. The summed E-state index contributed by atoms with van der Waals surface area (Å²) in [5.74, 6) is 0.784. The molecule has 2 saturated carbocycles. The molecule has 3 aliphatic rings. The van der Waals surface area contributed by atoms with Crippen LogP contribution in [-0.2, 0) is 19.9 Å². The molecular weight excluding hydrogens is 260 g/mol. The van der Waals surface area contributed by atoms with Gasteiger partial charge in [0.1, 0.15) is 0 Å². The Morgan fingerprint density at radius 2 is 1.86 bits per heavy atom. The van der Waals surface area contributed by atoms with Crippen molar-refractivity contribution in [3.8, 4) is 0 Å². The number of hydrogen-bond donors (Lipinski definition) is 0. The minimum Gasteiger partial charge on any atom is -0.289 e. The number of rotatable bonds is 1. The van der Waals surface area contributed by atoms with E-state index >= 15 is 0 Å². The molecule has 0 radical (unpaired) electrons. The summed E-state index contributed by atoms with van der Waals surface area (Å²) in [6, 6.07) is 0.398. The maximum atomic E-state index is 13.0. The van der Waals surface area contributed by atoms with E-state index in [0.29, 0.717) is 17.0 Å². The maximum Gasteiger partial charge on any atom is 0.270 e. The average molecular weight is 288 g/mol. The first kappa shape index (κ1) is 13.7. The van der Waals surface area contributed by atoms with Gasteiger partial charge in [-0.05, 0) is 61.7 Å². The van der Waals surface area contributed by atoms with Gasteiger partial charge in [0.15, 0.2) is 0 Å². The summed E-state index contributed by atoms with van der Waals surface area (Å²) in [7, 11) is 2.12. The van der Waals surface area contributed by atoms with E-state index in [2.05, 4.69) is 37.2 Å². The number of aromatic nitrogens is 2. The lowest BCUT2D eigenvalue weighted by molar-refractivity contribution is 0.0925. The molecule has 0 saturated heterocycles. The van der Waals surface area contributed by atoms with Gasteiger partial charge >= 0.3 is 0 Å². The predicted molar refractivity (Wildman–Crippen MR) is 84.6 cm³/mol. The normalized spacial score (nSPS) is 37.0. The van der Waals surface area contributed by atoms with Crippen LogP contribution in [0.25, 0.3) is 0 Å². The van der Waals surface area contributed by atoms with Gasteiger partial charge in [-0.2, -0.15) is 0 Å². The van der Waals surface area contributed by atoms with E-state index in [9.17, 15) is 4.79 Å². The van der Waals surface area contributed by atoms with Crippen LogP contribution in [0.15, 0.2) is 4.79 Å². The summed E-state index contributed by atoms with van der Waals surface area (Å²) >= 11 is 0. The Morgan fingerprint density at radius 1 is 1.14 bits per heavy atom. The van der Waals surface area contributed by atoms with E-state index in [4.69, 9.17) is 0 Å². The van der Waals surface area contributed by atoms with E-state index in [1.807, 2.05) is 0 Å². The lowest BCUT2D eigenvalue weighted by Crippen LogP contribution is -2.39. The second-order valence-electron chi connectivity index (χ2n) is 8.43. The van der Waals surface area contributed by atoms with Gasteiger partial charge in [-0.3, -0.25) is 9.48 Å². The maximum absolute atomic E-state index is 13.0. The van der Waals surface area contributed by atoms with Crippen molar-refractivity contribution in [3.63, 3.8) is 0 Å². The first-order valence-electron chi connectivity index (χ1n) is 8.67. The Hall–Kier alpha value is -0.990. The molecule has 1 heterocycles. The van der Waals surface area contributed by atoms with Crippen LogP contribution < -0.4 is 5.56 Å². The van der Waals surface area contributed by atoms with Gasteiger partial charge in [0.05, 0.1) is 6.04 Å². The Bertz CT molecular complexity index is 651. The number of hydrogen-bond acceptors (Lipinski definition) is 1. The Kier molecular flexibility index (Phi) is 2.64. The molecule has 3 atom stereocenters. The van der Waals surface area contributed by atoms with Crippen molar-refractivity contribution in [2.75, 3.05) is 0 Å². The third-order valence-electron chi connectivity index (χ3n) is 7.66. The van der Waals surface area contributed by atoms with Gasteiger partial charge in [0.2, 0.25) is 0 Å². The molecular formula is C18H28N2O. The summed E-state index contributed by atoms with van der Waals surface area (Å²) in [5.41, 5.74) is 3.39. The van der Waals surface area contributed by atoms with Crippen LogP contribution in [0.2, 0.25) is 0 Å². The van der Waals surface area contributed by atoms with Crippen LogP contribution in [0, 0.1) is 16.7 Å². The second kappa shape index (κ2) is 4.05. The first-order chi connectivity index (χ1) is 9.88. The van der Waals surface area contributed by atoms with Crippen molar-refractivity contribution in [2.24, 2.45) is 23.8 Å². The van der Waals surface area contributed by atoms with Gasteiger partial charge in [0.25, 0.3) is 5.56 Å². The molecule has 0 aliphatic heterocycles. The van der Waals surface area contributed by atoms with E-state index in [-0.39, 0.29) is 5.41 Å². The van der Waals surface area contributed by atoms with Crippen molar-refractivity contribution < 1.29 is 0 Å². The minimum absolute atomic E-state index is 0.274. The van der Waals surface area contributed by atoms with Crippen LogP contribution in [-0.4, -0.2) is 9.36 Å². The lowest BCUT2D eigenvalue weighted by Gasteiger charge is -2.40. The van der Waals surface area contributed by atoms with Crippen LogP contribution in [0.1, 0.15) is 70.2 Å². The zero-order chi connectivity index (χ0) is 15.0. The highest BCUT2D eigenvalue weighted by molar-refractivity contribution is 5.23. The molecule has 2 bridgehead atoms. The van der Waals surface area contributed by atoms with E-state index < -0.39 is 0 Å². The van der Waals surface area contributed by atoms with Crippen molar-refractivity contribution in [3.05, 3.63) is 21.6 Å². The molecule has 3 aliphatic carbocycles. The first-order valence-corrected chi connectivity index (χ1v) is 8.67. The average Bonchev–Trinajstić information content (AvgIpc) is 2.92. The van der Waals surface area contributed by atoms with Crippen molar-refractivity contribution in [1.82, 2.24) is 9.36 Å². The van der Waals surface area contributed by atoms with Gasteiger partial charge in [-0.1, -0.05) is 20.8 Å². The summed E-state index contributed by atoms with van der Waals surface area (Å²) in [4.78, 5) is 13.0. The number of nitrogens with zero attached hydrogens (tertiary/aromatic N) is 2. The predicted octanol–water partition coefficient (Wildman–Crippen LogP) is 3.45. The molecule has 116 valence electrons. The summed E-state index contributed by atoms with van der Waals surface area (Å²) in [6.45, 7) is 7.29. The molecule has 0 spiro atoms. The van der Waals surface area contributed by atoms with Gasteiger partial charge in [-0.15, -0.1) is 0 Å². The summed E-state index contributed by atoms with van der Waals surface area (Å²) in [5, 5.41) is 0. The van der Waals surface area contributed by atoms with Crippen molar-refractivity contribution in [2.45, 2.75) is 71.8 Å². The second-order valence-corrected chi connectivity index (χ2v) is 8.43. The van der Waals surface area contributed by atoms with E-state index in [1.165, 1.54) is 37.8 Å².